The van der Waals surface area contributed by atoms with Gasteiger partial charge in [0.2, 0.25) is 10.0 Å². The molecule has 1 fully saturated rings. The van der Waals surface area contributed by atoms with Gasteiger partial charge in [-0.25, -0.2) is 22.4 Å². The van der Waals surface area contributed by atoms with E-state index in [2.05, 4.69) is 0 Å². The van der Waals surface area contributed by atoms with Crippen molar-refractivity contribution in [2.24, 2.45) is 0 Å². The Kier molecular flexibility index (Phi) is 7.59. The summed E-state index contributed by atoms with van der Waals surface area (Å²) in [4.78, 5) is 32.9. The lowest BCUT2D eigenvalue weighted by molar-refractivity contribution is -0.159. The molecule has 0 radical (unpaired) electrons. The van der Waals surface area contributed by atoms with Crippen molar-refractivity contribution in [3.63, 3.8) is 0 Å². The van der Waals surface area contributed by atoms with E-state index in [9.17, 15) is 17.6 Å². The minimum Gasteiger partial charge on any atom is -0.473 e. The maximum atomic E-state index is 13.1. The molecule has 34 heavy (non-hydrogen) atoms. The van der Waals surface area contributed by atoms with Gasteiger partial charge in [0.05, 0.1) is 4.90 Å². The van der Waals surface area contributed by atoms with E-state index in [0.717, 1.165) is 22.9 Å². The Morgan fingerprint density at radius 1 is 0.765 bits per heavy atom. The van der Waals surface area contributed by atoms with E-state index in [-0.39, 0.29) is 23.9 Å². The average molecular weight is 488 g/mol. The normalized spacial score (nSPS) is 14.2. The van der Waals surface area contributed by atoms with Crippen LogP contribution in [-0.2, 0) is 19.6 Å². The van der Waals surface area contributed by atoms with Crippen LogP contribution in [0.25, 0.3) is 10.8 Å². The minimum absolute atomic E-state index is 0.0581. The molecule has 1 saturated heterocycles. The van der Waals surface area contributed by atoms with E-state index < -0.39 is 27.8 Å². The number of piperazine rings is 1. The molecule has 3 aromatic carbocycles. The maximum Gasteiger partial charge on any atom is 0.414 e. The van der Waals surface area contributed by atoms with Crippen LogP contribution in [0.2, 0.25) is 0 Å². The molecule has 0 aliphatic carbocycles. The van der Waals surface area contributed by atoms with Gasteiger partial charge in [0.1, 0.15) is 5.82 Å². The molecule has 1 heterocycles. The SMILES string of the molecule is O=C(O)C(=O)O.O=C(c1cccc2ccccc12)N1CCN(S(=O)(=O)c2ccc(F)cc2)CC1. The van der Waals surface area contributed by atoms with Crippen LogP contribution in [0.1, 0.15) is 10.4 Å². The molecule has 178 valence electrons. The van der Waals surface area contributed by atoms with Crippen LogP contribution in [0.15, 0.2) is 71.6 Å². The molecule has 1 aliphatic heterocycles. The summed E-state index contributed by atoms with van der Waals surface area (Å²) in [7, 11) is -3.70. The second-order valence-corrected chi connectivity index (χ2v) is 9.23. The fourth-order valence-electron chi connectivity index (χ4n) is 3.47. The first-order valence-electron chi connectivity index (χ1n) is 10.1. The molecular formula is C23H21FN2O7S. The summed E-state index contributed by atoms with van der Waals surface area (Å²) in [5.41, 5.74) is 0.618. The number of sulfonamides is 1. The number of carbonyl (C=O) groups excluding carboxylic acids is 1. The highest BCUT2D eigenvalue weighted by Gasteiger charge is 2.30. The topological polar surface area (TPSA) is 132 Å². The van der Waals surface area contributed by atoms with Crippen LogP contribution in [0.3, 0.4) is 0 Å². The van der Waals surface area contributed by atoms with Gasteiger partial charge in [0, 0.05) is 31.7 Å². The van der Waals surface area contributed by atoms with E-state index in [4.69, 9.17) is 19.8 Å². The number of carboxylic acids is 2. The third-order valence-corrected chi connectivity index (χ3v) is 7.09. The molecule has 0 saturated carbocycles. The highest BCUT2D eigenvalue weighted by atomic mass is 32.2. The highest BCUT2D eigenvalue weighted by Crippen LogP contribution is 2.22. The number of aliphatic carboxylic acids is 2. The number of fused-ring (bicyclic) bond motifs is 1. The number of benzene rings is 3. The molecule has 2 N–H and O–H groups in total. The molecule has 11 heteroatoms. The lowest BCUT2D eigenvalue weighted by Gasteiger charge is -2.34. The van der Waals surface area contributed by atoms with Gasteiger partial charge in [-0.15, -0.1) is 0 Å². The number of nitrogens with zero attached hydrogens (tertiary/aromatic N) is 2. The number of rotatable bonds is 3. The van der Waals surface area contributed by atoms with Crippen LogP contribution in [0.5, 0.6) is 0 Å². The van der Waals surface area contributed by atoms with Crippen molar-refractivity contribution < 1.29 is 37.4 Å². The molecule has 0 spiro atoms. The number of carboxylic acid groups (broad SMARTS) is 2. The molecule has 0 unspecified atom stereocenters. The zero-order chi connectivity index (χ0) is 24.9. The minimum atomic E-state index is -3.70. The zero-order valence-electron chi connectivity index (χ0n) is 17.8. The van der Waals surface area contributed by atoms with Crippen LogP contribution in [-0.4, -0.2) is 71.9 Å². The van der Waals surface area contributed by atoms with Gasteiger partial charge in [-0.05, 0) is 41.1 Å². The standard InChI is InChI=1S/C21H19FN2O3S.C2H2O4/c22-17-8-10-18(11-9-17)28(26,27)24-14-12-23(13-15-24)21(25)20-7-3-5-16-4-1-2-6-19(16)20;3-1(4)2(5)6/h1-11H,12-15H2;(H,3,4)(H,5,6). The predicted molar refractivity (Wildman–Crippen MR) is 120 cm³/mol. The number of carbonyl (C=O) groups is 3. The van der Waals surface area contributed by atoms with Gasteiger partial charge in [-0.3, -0.25) is 4.79 Å². The quantitative estimate of drug-likeness (QED) is 0.541. The van der Waals surface area contributed by atoms with Gasteiger partial charge >= 0.3 is 11.9 Å². The average Bonchev–Trinajstić information content (AvgIpc) is 2.84. The van der Waals surface area contributed by atoms with E-state index in [0.29, 0.717) is 18.7 Å². The summed E-state index contributed by atoms with van der Waals surface area (Å²) in [6.45, 7) is 1.03. The third kappa shape index (κ3) is 5.56. The van der Waals surface area contributed by atoms with Crippen molar-refractivity contribution in [3.05, 3.63) is 78.1 Å². The van der Waals surface area contributed by atoms with Crippen LogP contribution < -0.4 is 0 Å². The summed E-state index contributed by atoms with van der Waals surface area (Å²) in [6, 6.07) is 18.1. The molecule has 0 atom stereocenters. The lowest BCUT2D eigenvalue weighted by Crippen LogP contribution is -2.50. The van der Waals surface area contributed by atoms with Crippen LogP contribution >= 0.6 is 0 Å². The number of hydrogen-bond acceptors (Lipinski definition) is 5. The van der Waals surface area contributed by atoms with Crippen molar-refractivity contribution in [2.45, 2.75) is 4.90 Å². The lowest BCUT2D eigenvalue weighted by atomic mass is 10.0. The Balaban J connectivity index is 0.000000481. The van der Waals surface area contributed by atoms with E-state index in [1.807, 2.05) is 36.4 Å². The fraction of sp³-hybridized carbons (Fsp3) is 0.174. The summed E-state index contributed by atoms with van der Waals surface area (Å²) >= 11 is 0. The predicted octanol–water partition coefficient (Wildman–Crippen LogP) is 2.28. The third-order valence-electron chi connectivity index (χ3n) is 5.18. The van der Waals surface area contributed by atoms with E-state index in [1.54, 1.807) is 11.0 Å². The van der Waals surface area contributed by atoms with E-state index >= 15 is 0 Å². The first kappa shape index (κ1) is 24.8. The Bertz CT molecular complexity index is 1300. The Labute approximate surface area is 194 Å². The maximum absolute atomic E-state index is 13.1. The molecular weight excluding hydrogens is 467 g/mol. The molecule has 0 aromatic heterocycles. The number of halogens is 1. The largest absolute Gasteiger partial charge is 0.473 e. The molecule has 1 amide bonds. The molecule has 3 aromatic rings. The van der Waals surface area contributed by atoms with Crippen LogP contribution in [0, 0.1) is 5.82 Å². The first-order chi connectivity index (χ1) is 16.1. The van der Waals surface area contributed by atoms with Gasteiger partial charge in [-0.2, -0.15) is 4.31 Å². The molecule has 1 aliphatic rings. The number of hydrogen-bond donors (Lipinski definition) is 2. The van der Waals surface area contributed by atoms with Crippen molar-refractivity contribution >= 4 is 38.6 Å². The second-order valence-electron chi connectivity index (χ2n) is 7.29. The van der Waals surface area contributed by atoms with Gasteiger partial charge in [0.15, 0.2) is 0 Å². The smallest absolute Gasteiger partial charge is 0.414 e. The first-order valence-corrected chi connectivity index (χ1v) is 11.5. The molecule has 0 bridgehead atoms. The summed E-state index contributed by atoms with van der Waals surface area (Å²) in [5, 5.41) is 16.7. The highest BCUT2D eigenvalue weighted by molar-refractivity contribution is 7.89. The Hall–Kier alpha value is -3.83. The van der Waals surface area contributed by atoms with Gasteiger partial charge < -0.3 is 15.1 Å². The van der Waals surface area contributed by atoms with Gasteiger partial charge in [0.25, 0.3) is 5.91 Å². The summed E-state index contributed by atoms with van der Waals surface area (Å²) in [6.07, 6.45) is 0. The van der Waals surface area contributed by atoms with E-state index in [1.165, 1.54) is 16.4 Å². The molecule has 9 nitrogen and oxygen atoms in total. The molecule has 4 rings (SSSR count). The number of amides is 1. The van der Waals surface area contributed by atoms with Crippen molar-refractivity contribution in [2.75, 3.05) is 26.2 Å². The van der Waals surface area contributed by atoms with Crippen molar-refractivity contribution in [1.29, 1.82) is 0 Å². The Morgan fingerprint density at radius 2 is 1.32 bits per heavy atom. The summed E-state index contributed by atoms with van der Waals surface area (Å²) < 4.78 is 39.9. The van der Waals surface area contributed by atoms with Crippen molar-refractivity contribution in [1.82, 2.24) is 9.21 Å². The fourth-order valence-corrected chi connectivity index (χ4v) is 4.89. The van der Waals surface area contributed by atoms with Gasteiger partial charge in [-0.1, -0.05) is 36.4 Å². The summed E-state index contributed by atoms with van der Waals surface area (Å²) in [5.74, 6) is -4.23. The van der Waals surface area contributed by atoms with Crippen LogP contribution in [0.4, 0.5) is 4.39 Å². The monoisotopic (exact) mass is 488 g/mol. The van der Waals surface area contributed by atoms with Crippen molar-refractivity contribution in [3.8, 4) is 0 Å². The second kappa shape index (κ2) is 10.4. The Morgan fingerprint density at radius 3 is 1.91 bits per heavy atom. The zero-order valence-corrected chi connectivity index (χ0v) is 18.6.